The van der Waals surface area contributed by atoms with Crippen LogP contribution >= 0.6 is 0 Å². The van der Waals surface area contributed by atoms with Crippen LogP contribution in [0.5, 0.6) is 0 Å². The second-order valence-corrected chi connectivity index (χ2v) is 4.10. The fourth-order valence-corrected chi connectivity index (χ4v) is 2.15. The lowest BCUT2D eigenvalue weighted by atomic mass is 9.93. The SMILES string of the molecule is Cc1cc(CN)ccc1[C@@H]1CNC(=O)C1. The van der Waals surface area contributed by atoms with Gasteiger partial charge in [0.15, 0.2) is 0 Å². The predicted octanol–water partition coefficient (Wildman–Crippen LogP) is 1.06. The Hall–Kier alpha value is -1.35. The van der Waals surface area contributed by atoms with E-state index in [9.17, 15) is 4.79 Å². The highest BCUT2D eigenvalue weighted by Gasteiger charge is 2.23. The number of aryl methyl sites for hydroxylation is 1. The Kier molecular flexibility index (Phi) is 2.73. The van der Waals surface area contributed by atoms with Crippen LogP contribution in [0, 0.1) is 6.92 Å². The fraction of sp³-hybridized carbons (Fsp3) is 0.417. The zero-order valence-electron chi connectivity index (χ0n) is 8.92. The molecule has 0 spiro atoms. The van der Waals surface area contributed by atoms with E-state index in [1.165, 1.54) is 11.1 Å². The molecule has 0 aromatic heterocycles. The molecule has 15 heavy (non-hydrogen) atoms. The van der Waals surface area contributed by atoms with Gasteiger partial charge in [-0.15, -0.1) is 0 Å². The summed E-state index contributed by atoms with van der Waals surface area (Å²) in [4.78, 5) is 11.1. The van der Waals surface area contributed by atoms with Crippen LogP contribution in [0.2, 0.25) is 0 Å². The first-order valence-electron chi connectivity index (χ1n) is 5.27. The van der Waals surface area contributed by atoms with Gasteiger partial charge in [-0.1, -0.05) is 18.2 Å². The summed E-state index contributed by atoms with van der Waals surface area (Å²) in [6.07, 6.45) is 0.614. The average Bonchev–Trinajstić information content (AvgIpc) is 2.64. The third kappa shape index (κ3) is 2.02. The third-order valence-corrected chi connectivity index (χ3v) is 2.99. The summed E-state index contributed by atoms with van der Waals surface area (Å²) in [7, 11) is 0. The monoisotopic (exact) mass is 204 g/mol. The highest BCUT2D eigenvalue weighted by molar-refractivity contribution is 5.79. The molecule has 3 nitrogen and oxygen atoms in total. The lowest BCUT2D eigenvalue weighted by molar-refractivity contribution is -0.119. The summed E-state index contributed by atoms with van der Waals surface area (Å²) in [5.74, 6) is 0.492. The Morgan fingerprint density at radius 2 is 2.33 bits per heavy atom. The summed E-state index contributed by atoms with van der Waals surface area (Å²) in [5, 5.41) is 2.86. The smallest absolute Gasteiger partial charge is 0.220 e. The first-order valence-corrected chi connectivity index (χ1v) is 5.27. The molecule has 1 heterocycles. The van der Waals surface area contributed by atoms with Crippen molar-refractivity contribution < 1.29 is 4.79 Å². The topological polar surface area (TPSA) is 55.1 Å². The molecule has 1 aromatic carbocycles. The number of nitrogens with one attached hydrogen (secondary N) is 1. The molecule has 1 aromatic rings. The molecule has 0 bridgehead atoms. The van der Waals surface area contributed by atoms with Gasteiger partial charge in [-0.2, -0.15) is 0 Å². The van der Waals surface area contributed by atoms with Crippen LogP contribution in [0.4, 0.5) is 0 Å². The highest BCUT2D eigenvalue weighted by Crippen LogP contribution is 2.26. The Bertz CT molecular complexity index is 387. The van der Waals surface area contributed by atoms with Gasteiger partial charge in [-0.3, -0.25) is 4.79 Å². The quantitative estimate of drug-likeness (QED) is 0.756. The molecule has 0 aliphatic carbocycles. The second-order valence-electron chi connectivity index (χ2n) is 4.10. The number of nitrogens with two attached hydrogens (primary N) is 1. The number of hydrogen-bond acceptors (Lipinski definition) is 2. The summed E-state index contributed by atoms with van der Waals surface area (Å²) < 4.78 is 0. The zero-order valence-corrected chi connectivity index (χ0v) is 8.92. The maximum atomic E-state index is 11.1. The molecule has 3 N–H and O–H groups in total. The summed E-state index contributed by atoms with van der Waals surface area (Å²) >= 11 is 0. The van der Waals surface area contributed by atoms with Crippen molar-refractivity contribution in [1.82, 2.24) is 5.32 Å². The van der Waals surface area contributed by atoms with E-state index in [-0.39, 0.29) is 5.91 Å². The molecule has 0 saturated carbocycles. The minimum atomic E-state index is 0.155. The molecule has 3 heteroatoms. The molecule has 1 atom stereocenters. The van der Waals surface area contributed by atoms with E-state index in [1.807, 2.05) is 6.07 Å². The van der Waals surface area contributed by atoms with Crippen molar-refractivity contribution in [1.29, 1.82) is 0 Å². The van der Waals surface area contributed by atoms with Crippen molar-refractivity contribution >= 4 is 5.91 Å². The zero-order chi connectivity index (χ0) is 10.8. The number of hydrogen-bond donors (Lipinski definition) is 2. The van der Waals surface area contributed by atoms with Gasteiger partial charge >= 0.3 is 0 Å². The van der Waals surface area contributed by atoms with E-state index >= 15 is 0 Å². The van der Waals surface area contributed by atoms with E-state index in [2.05, 4.69) is 24.4 Å². The summed E-state index contributed by atoms with van der Waals surface area (Å²) in [6.45, 7) is 3.42. The van der Waals surface area contributed by atoms with E-state index in [0.717, 1.165) is 12.1 Å². The van der Waals surface area contributed by atoms with Gasteiger partial charge in [-0.25, -0.2) is 0 Å². The third-order valence-electron chi connectivity index (χ3n) is 2.99. The number of rotatable bonds is 2. The van der Waals surface area contributed by atoms with Gasteiger partial charge in [-0.05, 0) is 23.6 Å². The normalized spacial score (nSPS) is 20.4. The Labute approximate surface area is 89.7 Å². The summed E-state index contributed by atoms with van der Waals surface area (Å²) in [5.41, 5.74) is 9.23. The molecule has 1 amide bonds. The van der Waals surface area contributed by atoms with Crippen LogP contribution in [0.1, 0.15) is 29.0 Å². The first-order chi connectivity index (χ1) is 7.20. The van der Waals surface area contributed by atoms with E-state index in [4.69, 9.17) is 5.73 Å². The molecule has 0 radical (unpaired) electrons. The van der Waals surface area contributed by atoms with E-state index in [1.54, 1.807) is 0 Å². The van der Waals surface area contributed by atoms with Gasteiger partial charge in [0.1, 0.15) is 0 Å². The minimum Gasteiger partial charge on any atom is -0.355 e. The van der Waals surface area contributed by atoms with Crippen molar-refractivity contribution in [3.05, 3.63) is 34.9 Å². The van der Waals surface area contributed by atoms with Gasteiger partial charge in [0.05, 0.1) is 0 Å². The van der Waals surface area contributed by atoms with Gasteiger partial charge in [0.2, 0.25) is 5.91 Å². The number of amides is 1. The van der Waals surface area contributed by atoms with Crippen LogP contribution in [0.3, 0.4) is 0 Å². The van der Waals surface area contributed by atoms with Crippen LogP contribution < -0.4 is 11.1 Å². The maximum absolute atomic E-state index is 11.1. The Balaban J connectivity index is 2.25. The van der Waals surface area contributed by atoms with Gasteiger partial charge in [0, 0.05) is 25.4 Å². The summed E-state index contributed by atoms with van der Waals surface area (Å²) in [6, 6.07) is 6.26. The van der Waals surface area contributed by atoms with Gasteiger partial charge < -0.3 is 11.1 Å². The molecular formula is C12H16N2O. The molecule has 0 unspecified atom stereocenters. The molecule has 80 valence electrons. The fourth-order valence-electron chi connectivity index (χ4n) is 2.15. The Morgan fingerprint density at radius 3 is 2.87 bits per heavy atom. The number of carbonyl (C=O) groups excluding carboxylic acids is 1. The standard InChI is InChI=1S/C12H16N2O/c1-8-4-9(6-13)2-3-11(8)10-5-12(15)14-7-10/h2-4,10H,5-7,13H2,1H3,(H,14,15)/t10-/m0/s1. The van der Waals surface area contributed by atoms with Crippen LogP contribution in [0.25, 0.3) is 0 Å². The van der Waals surface area contributed by atoms with Crippen LogP contribution in [-0.2, 0) is 11.3 Å². The van der Waals surface area contributed by atoms with Crippen LogP contribution in [0.15, 0.2) is 18.2 Å². The minimum absolute atomic E-state index is 0.155. The molecule has 1 saturated heterocycles. The molecule has 1 aliphatic rings. The van der Waals surface area contributed by atoms with Crippen molar-refractivity contribution in [3.63, 3.8) is 0 Å². The number of carbonyl (C=O) groups is 1. The van der Waals surface area contributed by atoms with Crippen LogP contribution in [-0.4, -0.2) is 12.5 Å². The van der Waals surface area contributed by atoms with E-state index in [0.29, 0.717) is 18.9 Å². The van der Waals surface area contributed by atoms with E-state index < -0.39 is 0 Å². The molecule has 1 fully saturated rings. The van der Waals surface area contributed by atoms with Crippen molar-refractivity contribution in [2.75, 3.05) is 6.54 Å². The Morgan fingerprint density at radius 1 is 1.53 bits per heavy atom. The lowest BCUT2D eigenvalue weighted by Crippen LogP contribution is -2.13. The average molecular weight is 204 g/mol. The molecule has 1 aliphatic heterocycles. The van der Waals surface area contributed by atoms with Crippen molar-refractivity contribution in [2.24, 2.45) is 5.73 Å². The first kappa shape index (κ1) is 10.2. The maximum Gasteiger partial charge on any atom is 0.220 e. The predicted molar refractivity (Wildman–Crippen MR) is 59.4 cm³/mol. The largest absolute Gasteiger partial charge is 0.355 e. The molecule has 2 rings (SSSR count). The van der Waals surface area contributed by atoms with Crippen molar-refractivity contribution in [2.45, 2.75) is 25.8 Å². The van der Waals surface area contributed by atoms with Gasteiger partial charge in [0.25, 0.3) is 0 Å². The molecular weight excluding hydrogens is 188 g/mol. The highest BCUT2D eigenvalue weighted by atomic mass is 16.1. The second kappa shape index (κ2) is 4.03. The van der Waals surface area contributed by atoms with Crippen molar-refractivity contribution in [3.8, 4) is 0 Å². The lowest BCUT2D eigenvalue weighted by Gasteiger charge is -2.12. The number of benzene rings is 1.